The fourth-order valence-corrected chi connectivity index (χ4v) is 1.16. The van der Waals surface area contributed by atoms with E-state index in [0.717, 1.165) is 10.5 Å². The van der Waals surface area contributed by atoms with Crippen molar-refractivity contribution in [3.8, 4) is 0 Å². The lowest BCUT2D eigenvalue weighted by atomic mass is 10.1. The summed E-state index contributed by atoms with van der Waals surface area (Å²) in [5, 5.41) is 8.72. The standard InChI is InChI=1S/C9H12N2O2/c1-6-5-7(10)3-4-8(6)11(2)9(12)13/h3-5H,10H2,1-2H3,(H,12,13). The van der Waals surface area contributed by atoms with Crippen LogP contribution >= 0.6 is 0 Å². The number of aryl methyl sites for hydroxylation is 1. The Morgan fingerprint density at radius 3 is 2.62 bits per heavy atom. The highest BCUT2D eigenvalue weighted by Crippen LogP contribution is 2.20. The van der Waals surface area contributed by atoms with Crippen molar-refractivity contribution in [1.82, 2.24) is 0 Å². The number of nitrogen functional groups attached to an aromatic ring is 1. The Kier molecular flexibility index (Phi) is 2.41. The van der Waals surface area contributed by atoms with Crippen molar-refractivity contribution in [2.24, 2.45) is 0 Å². The Bertz CT molecular complexity index is 336. The van der Waals surface area contributed by atoms with Gasteiger partial charge in [0.25, 0.3) is 0 Å². The van der Waals surface area contributed by atoms with Gasteiger partial charge in [0.05, 0.1) is 0 Å². The summed E-state index contributed by atoms with van der Waals surface area (Å²) in [6.45, 7) is 1.82. The van der Waals surface area contributed by atoms with Gasteiger partial charge in [0, 0.05) is 18.4 Å². The van der Waals surface area contributed by atoms with Crippen molar-refractivity contribution in [2.75, 3.05) is 17.7 Å². The van der Waals surface area contributed by atoms with Gasteiger partial charge in [-0.2, -0.15) is 0 Å². The van der Waals surface area contributed by atoms with E-state index in [9.17, 15) is 4.79 Å². The van der Waals surface area contributed by atoms with Gasteiger partial charge in [-0.05, 0) is 30.7 Å². The second-order valence-corrected chi connectivity index (χ2v) is 2.89. The third kappa shape index (κ3) is 1.90. The first kappa shape index (κ1) is 9.38. The molecule has 0 aliphatic rings. The number of amides is 1. The highest BCUT2D eigenvalue weighted by atomic mass is 16.4. The number of anilines is 2. The Morgan fingerprint density at radius 2 is 2.15 bits per heavy atom. The molecule has 1 rings (SSSR count). The van der Waals surface area contributed by atoms with Crippen LogP contribution in [0.3, 0.4) is 0 Å². The molecule has 3 N–H and O–H groups in total. The molecule has 0 aliphatic heterocycles. The normalized spacial score (nSPS) is 9.69. The van der Waals surface area contributed by atoms with Crippen LogP contribution in [-0.2, 0) is 0 Å². The van der Waals surface area contributed by atoms with Crippen molar-refractivity contribution in [3.63, 3.8) is 0 Å². The lowest BCUT2D eigenvalue weighted by Gasteiger charge is -2.15. The van der Waals surface area contributed by atoms with Gasteiger partial charge in [0.1, 0.15) is 0 Å². The van der Waals surface area contributed by atoms with E-state index in [4.69, 9.17) is 10.8 Å². The van der Waals surface area contributed by atoms with Gasteiger partial charge in [0.2, 0.25) is 0 Å². The van der Waals surface area contributed by atoms with Gasteiger partial charge >= 0.3 is 6.09 Å². The molecule has 1 amide bonds. The average Bonchev–Trinajstić information content (AvgIpc) is 2.03. The molecule has 1 aromatic carbocycles. The lowest BCUT2D eigenvalue weighted by molar-refractivity contribution is 0.203. The molecule has 0 bridgehead atoms. The number of rotatable bonds is 1. The maximum Gasteiger partial charge on any atom is 0.411 e. The van der Waals surface area contributed by atoms with Crippen LogP contribution in [-0.4, -0.2) is 18.2 Å². The first-order valence-corrected chi connectivity index (χ1v) is 3.85. The predicted octanol–water partition coefficient (Wildman–Crippen LogP) is 1.69. The van der Waals surface area contributed by atoms with Crippen LogP contribution in [0.2, 0.25) is 0 Å². The molecule has 0 atom stereocenters. The van der Waals surface area contributed by atoms with E-state index in [1.54, 1.807) is 18.2 Å². The number of nitrogens with zero attached hydrogens (tertiary/aromatic N) is 1. The van der Waals surface area contributed by atoms with Crippen LogP contribution < -0.4 is 10.6 Å². The fourth-order valence-electron chi connectivity index (χ4n) is 1.16. The van der Waals surface area contributed by atoms with Gasteiger partial charge in [-0.15, -0.1) is 0 Å². The number of hydrogen-bond acceptors (Lipinski definition) is 2. The van der Waals surface area contributed by atoms with E-state index < -0.39 is 6.09 Å². The minimum absolute atomic E-state index is 0.639. The Labute approximate surface area is 76.6 Å². The van der Waals surface area contributed by atoms with Crippen molar-refractivity contribution < 1.29 is 9.90 Å². The van der Waals surface area contributed by atoms with E-state index in [1.165, 1.54) is 7.05 Å². The second kappa shape index (κ2) is 3.35. The van der Waals surface area contributed by atoms with Gasteiger partial charge in [-0.3, -0.25) is 4.90 Å². The molecule has 0 saturated carbocycles. The summed E-state index contributed by atoms with van der Waals surface area (Å²) >= 11 is 0. The molecule has 0 heterocycles. The molecule has 0 fully saturated rings. The molecular formula is C9H12N2O2. The minimum atomic E-state index is -0.979. The number of hydrogen-bond donors (Lipinski definition) is 2. The van der Waals surface area contributed by atoms with Gasteiger partial charge in [-0.25, -0.2) is 4.79 Å². The second-order valence-electron chi connectivity index (χ2n) is 2.89. The quantitative estimate of drug-likeness (QED) is 0.646. The summed E-state index contributed by atoms with van der Waals surface area (Å²) in [4.78, 5) is 11.8. The highest BCUT2D eigenvalue weighted by molar-refractivity contribution is 5.86. The van der Waals surface area contributed by atoms with Crippen LogP contribution in [0.15, 0.2) is 18.2 Å². The summed E-state index contributed by atoms with van der Waals surface area (Å²) in [7, 11) is 1.50. The molecule has 0 radical (unpaired) electrons. The fraction of sp³-hybridized carbons (Fsp3) is 0.222. The maximum absolute atomic E-state index is 10.6. The van der Waals surface area contributed by atoms with Gasteiger partial charge < -0.3 is 10.8 Å². The molecule has 13 heavy (non-hydrogen) atoms. The monoisotopic (exact) mass is 180 g/mol. The summed E-state index contributed by atoms with van der Waals surface area (Å²) in [6, 6.07) is 5.12. The maximum atomic E-state index is 10.6. The van der Waals surface area contributed by atoms with Crippen molar-refractivity contribution in [2.45, 2.75) is 6.92 Å². The smallest absolute Gasteiger partial charge is 0.411 e. The topological polar surface area (TPSA) is 66.6 Å². The van der Waals surface area contributed by atoms with Crippen molar-refractivity contribution in [1.29, 1.82) is 0 Å². The van der Waals surface area contributed by atoms with Crippen LogP contribution in [0.25, 0.3) is 0 Å². The van der Waals surface area contributed by atoms with E-state index in [-0.39, 0.29) is 0 Å². The van der Waals surface area contributed by atoms with E-state index >= 15 is 0 Å². The number of nitrogens with two attached hydrogens (primary N) is 1. The Hall–Kier alpha value is -1.71. The molecule has 1 aromatic rings. The minimum Gasteiger partial charge on any atom is -0.465 e. The third-order valence-corrected chi connectivity index (χ3v) is 1.87. The number of carbonyl (C=O) groups is 1. The molecule has 0 spiro atoms. The molecular weight excluding hydrogens is 168 g/mol. The van der Waals surface area contributed by atoms with E-state index in [2.05, 4.69) is 0 Å². The van der Waals surface area contributed by atoms with Crippen LogP contribution in [0.1, 0.15) is 5.56 Å². The first-order chi connectivity index (χ1) is 6.02. The zero-order chi connectivity index (χ0) is 10.0. The SMILES string of the molecule is Cc1cc(N)ccc1N(C)C(=O)O. The summed E-state index contributed by atoms with van der Waals surface area (Å²) < 4.78 is 0. The van der Waals surface area contributed by atoms with Crippen molar-refractivity contribution in [3.05, 3.63) is 23.8 Å². The number of carboxylic acid groups (broad SMARTS) is 1. The first-order valence-electron chi connectivity index (χ1n) is 3.85. The number of benzene rings is 1. The molecule has 0 aromatic heterocycles. The van der Waals surface area contributed by atoms with Gasteiger partial charge in [-0.1, -0.05) is 0 Å². The molecule has 0 aliphatic carbocycles. The molecule has 4 nitrogen and oxygen atoms in total. The van der Waals surface area contributed by atoms with Crippen LogP contribution in [0.5, 0.6) is 0 Å². The molecule has 4 heteroatoms. The summed E-state index contributed by atoms with van der Waals surface area (Å²) in [5.74, 6) is 0. The van der Waals surface area contributed by atoms with Crippen LogP contribution in [0, 0.1) is 6.92 Å². The Morgan fingerprint density at radius 1 is 1.54 bits per heavy atom. The van der Waals surface area contributed by atoms with Crippen molar-refractivity contribution >= 4 is 17.5 Å². The highest BCUT2D eigenvalue weighted by Gasteiger charge is 2.10. The van der Waals surface area contributed by atoms with E-state index in [0.29, 0.717) is 11.4 Å². The van der Waals surface area contributed by atoms with Crippen LogP contribution in [0.4, 0.5) is 16.2 Å². The average molecular weight is 180 g/mol. The molecule has 0 unspecified atom stereocenters. The Balaban J connectivity index is 3.08. The third-order valence-electron chi connectivity index (χ3n) is 1.87. The zero-order valence-electron chi connectivity index (χ0n) is 7.61. The van der Waals surface area contributed by atoms with E-state index in [1.807, 2.05) is 6.92 Å². The van der Waals surface area contributed by atoms with Gasteiger partial charge in [0.15, 0.2) is 0 Å². The largest absolute Gasteiger partial charge is 0.465 e. The zero-order valence-corrected chi connectivity index (χ0v) is 7.61. The molecule has 0 saturated heterocycles. The summed E-state index contributed by atoms with van der Waals surface area (Å²) in [5.41, 5.74) is 7.68. The summed E-state index contributed by atoms with van der Waals surface area (Å²) in [6.07, 6.45) is -0.979. The molecule has 70 valence electrons. The lowest BCUT2D eigenvalue weighted by Crippen LogP contribution is -2.24. The predicted molar refractivity (Wildman–Crippen MR) is 52.0 cm³/mol.